The second-order valence-corrected chi connectivity index (χ2v) is 6.47. The second-order valence-electron chi connectivity index (χ2n) is 5.55. The Hall–Kier alpha value is -2.14. The number of aromatic nitrogens is 2. The largest absolute Gasteiger partial charge is 0.465 e. The molecule has 5 heteroatoms. The van der Waals surface area contributed by atoms with Gasteiger partial charge >= 0.3 is 5.97 Å². The van der Waals surface area contributed by atoms with Crippen LogP contribution < -0.4 is 0 Å². The fourth-order valence-electron chi connectivity index (χ4n) is 2.80. The molecular weight excluding hydrogens is 356 g/mol. The first-order valence-electron chi connectivity index (χ1n) is 7.29. The van der Waals surface area contributed by atoms with Crippen LogP contribution in [0.15, 0.2) is 41.0 Å². The topological polar surface area (TPSA) is 44.1 Å². The van der Waals surface area contributed by atoms with Gasteiger partial charge in [-0.05, 0) is 42.7 Å². The van der Waals surface area contributed by atoms with E-state index < -0.39 is 0 Å². The summed E-state index contributed by atoms with van der Waals surface area (Å²) in [6.07, 6.45) is 1.72. The predicted molar refractivity (Wildman–Crippen MR) is 93.8 cm³/mol. The van der Waals surface area contributed by atoms with Crippen molar-refractivity contribution in [1.82, 2.24) is 9.78 Å². The molecule has 0 amide bonds. The molecule has 0 saturated carbocycles. The minimum Gasteiger partial charge on any atom is -0.465 e. The molecular formula is C18H17BrN2O2. The maximum absolute atomic E-state index is 12.0. The third-order valence-electron chi connectivity index (χ3n) is 4.08. The molecule has 23 heavy (non-hydrogen) atoms. The van der Waals surface area contributed by atoms with Gasteiger partial charge in [0.05, 0.1) is 30.9 Å². The Bertz CT molecular complexity index is 879. The van der Waals surface area contributed by atoms with Gasteiger partial charge in [0.1, 0.15) is 0 Å². The lowest BCUT2D eigenvalue weighted by molar-refractivity contribution is 0.0603. The van der Waals surface area contributed by atoms with E-state index in [4.69, 9.17) is 4.74 Å². The Balaban J connectivity index is 2.13. The zero-order valence-corrected chi connectivity index (χ0v) is 14.8. The molecule has 0 unspecified atom stereocenters. The van der Waals surface area contributed by atoms with Crippen molar-refractivity contribution < 1.29 is 9.53 Å². The third kappa shape index (κ3) is 2.88. The van der Waals surface area contributed by atoms with Crippen molar-refractivity contribution in [3.63, 3.8) is 0 Å². The zero-order chi connectivity index (χ0) is 16.6. The molecule has 0 aliphatic rings. The molecule has 0 aliphatic carbocycles. The number of hydrogen-bond acceptors (Lipinski definition) is 3. The average molecular weight is 373 g/mol. The van der Waals surface area contributed by atoms with Gasteiger partial charge in [0.25, 0.3) is 0 Å². The predicted octanol–water partition coefficient (Wildman–Crippen LogP) is 4.25. The normalized spacial score (nSPS) is 11.0. The summed E-state index contributed by atoms with van der Waals surface area (Å²) in [5.41, 5.74) is 5.14. The number of hydrogen-bond donors (Lipinski definition) is 0. The lowest BCUT2D eigenvalue weighted by Gasteiger charge is -2.11. The van der Waals surface area contributed by atoms with Crippen molar-refractivity contribution in [3.8, 4) is 0 Å². The summed E-state index contributed by atoms with van der Waals surface area (Å²) in [5.74, 6) is -0.358. The zero-order valence-electron chi connectivity index (χ0n) is 13.3. The van der Waals surface area contributed by atoms with Gasteiger partial charge in [-0.2, -0.15) is 5.10 Å². The molecule has 0 bridgehead atoms. The SMILES string of the molecule is COC(=O)c1cc(Br)cc2c1cnn2Cc1c(C)cccc1C. The number of rotatable bonds is 3. The number of aryl methyl sites for hydroxylation is 2. The van der Waals surface area contributed by atoms with E-state index in [9.17, 15) is 4.79 Å². The van der Waals surface area contributed by atoms with Crippen molar-refractivity contribution in [2.24, 2.45) is 0 Å². The molecule has 1 aromatic heterocycles. The van der Waals surface area contributed by atoms with Crippen molar-refractivity contribution in [1.29, 1.82) is 0 Å². The maximum Gasteiger partial charge on any atom is 0.338 e. The quantitative estimate of drug-likeness (QED) is 0.645. The Morgan fingerprint density at radius 1 is 1.26 bits per heavy atom. The van der Waals surface area contributed by atoms with Crippen molar-refractivity contribution in [3.05, 3.63) is 63.3 Å². The van der Waals surface area contributed by atoms with Gasteiger partial charge in [0.2, 0.25) is 0 Å². The number of fused-ring (bicyclic) bond motifs is 1. The summed E-state index contributed by atoms with van der Waals surface area (Å²) in [5, 5.41) is 5.28. The highest BCUT2D eigenvalue weighted by Gasteiger charge is 2.16. The maximum atomic E-state index is 12.0. The van der Waals surface area contributed by atoms with E-state index in [2.05, 4.69) is 53.1 Å². The van der Waals surface area contributed by atoms with Crippen LogP contribution in [0, 0.1) is 13.8 Å². The fraction of sp³-hybridized carbons (Fsp3) is 0.222. The molecule has 0 aliphatic heterocycles. The lowest BCUT2D eigenvalue weighted by Crippen LogP contribution is -2.06. The van der Waals surface area contributed by atoms with Gasteiger partial charge in [0.15, 0.2) is 0 Å². The minimum atomic E-state index is -0.358. The Kier molecular flexibility index (Phi) is 4.22. The standard InChI is InChI=1S/C18H17BrN2O2/c1-11-5-4-6-12(2)16(11)10-21-17-8-13(19)7-14(18(22)23-3)15(17)9-20-21/h4-9H,10H2,1-3H3. The summed E-state index contributed by atoms with van der Waals surface area (Å²) in [6, 6.07) is 10.00. The first kappa shape index (κ1) is 15.7. The summed E-state index contributed by atoms with van der Waals surface area (Å²) in [4.78, 5) is 12.0. The van der Waals surface area contributed by atoms with Gasteiger partial charge in [-0.3, -0.25) is 4.68 Å². The van der Waals surface area contributed by atoms with Crippen LogP contribution >= 0.6 is 15.9 Å². The molecule has 1 heterocycles. The van der Waals surface area contributed by atoms with Crippen molar-refractivity contribution >= 4 is 32.8 Å². The number of benzene rings is 2. The fourth-order valence-corrected chi connectivity index (χ4v) is 3.24. The van der Waals surface area contributed by atoms with Gasteiger partial charge in [-0.25, -0.2) is 4.79 Å². The molecule has 0 spiro atoms. The number of nitrogens with zero attached hydrogens (tertiary/aromatic N) is 2. The van der Waals surface area contributed by atoms with E-state index in [1.165, 1.54) is 23.8 Å². The molecule has 0 atom stereocenters. The van der Waals surface area contributed by atoms with E-state index in [0.29, 0.717) is 12.1 Å². The van der Waals surface area contributed by atoms with Crippen LogP contribution in [-0.2, 0) is 11.3 Å². The number of carbonyl (C=O) groups excluding carboxylic acids is 1. The van der Waals surface area contributed by atoms with Gasteiger partial charge < -0.3 is 4.74 Å². The lowest BCUT2D eigenvalue weighted by atomic mass is 10.0. The molecule has 0 fully saturated rings. The minimum absolute atomic E-state index is 0.358. The van der Waals surface area contributed by atoms with Crippen LogP contribution in [0.3, 0.4) is 0 Å². The summed E-state index contributed by atoms with van der Waals surface area (Å²) in [6.45, 7) is 4.87. The van der Waals surface area contributed by atoms with E-state index >= 15 is 0 Å². The summed E-state index contributed by atoms with van der Waals surface area (Å²) in [7, 11) is 1.39. The monoisotopic (exact) mass is 372 g/mol. The number of esters is 1. The van der Waals surface area contributed by atoms with Crippen LogP contribution in [0.4, 0.5) is 0 Å². The first-order valence-corrected chi connectivity index (χ1v) is 8.09. The van der Waals surface area contributed by atoms with Crippen molar-refractivity contribution in [2.45, 2.75) is 20.4 Å². The van der Waals surface area contributed by atoms with Gasteiger partial charge in [-0.15, -0.1) is 0 Å². The van der Waals surface area contributed by atoms with Crippen LogP contribution in [-0.4, -0.2) is 22.9 Å². The van der Waals surface area contributed by atoms with Gasteiger partial charge in [0, 0.05) is 9.86 Å². The van der Waals surface area contributed by atoms with Crippen LogP contribution in [0.2, 0.25) is 0 Å². The molecule has 2 aromatic carbocycles. The molecule has 3 rings (SSSR count). The highest BCUT2D eigenvalue weighted by molar-refractivity contribution is 9.10. The molecule has 0 saturated heterocycles. The second kappa shape index (κ2) is 6.16. The van der Waals surface area contributed by atoms with Crippen LogP contribution in [0.1, 0.15) is 27.0 Å². The number of halogens is 1. The summed E-state index contributed by atoms with van der Waals surface area (Å²) < 4.78 is 7.61. The molecule has 0 radical (unpaired) electrons. The summed E-state index contributed by atoms with van der Waals surface area (Å²) >= 11 is 3.47. The van der Waals surface area contributed by atoms with Crippen LogP contribution in [0.25, 0.3) is 10.9 Å². The smallest absolute Gasteiger partial charge is 0.338 e. The van der Waals surface area contributed by atoms with E-state index in [1.54, 1.807) is 12.3 Å². The van der Waals surface area contributed by atoms with E-state index in [1.807, 2.05) is 10.7 Å². The number of carbonyl (C=O) groups is 1. The Morgan fingerprint density at radius 2 is 1.96 bits per heavy atom. The highest BCUT2D eigenvalue weighted by atomic mass is 79.9. The number of ether oxygens (including phenoxy) is 1. The Morgan fingerprint density at radius 3 is 2.61 bits per heavy atom. The molecule has 118 valence electrons. The van der Waals surface area contributed by atoms with Crippen LogP contribution in [0.5, 0.6) is 0 Å². The number of methoxy groups -OCH3 is 1. The molecule has 0 N–H and O–H groups in total. The average Bonchev–Trinajstić information content (AvgIpc) is 2.92. The Labute approximate surface area is 143 Å². The van der Waals surface area contributed by atoms with Gasteiger partial charge in [-0.1, -0.05) is 34.1 Å². The molecule has 3 aromatic rings. The van der Waals surface area contributed by atoms with E-state index in [0.717, 1.165) is 15.4 Å². The van der Waals surface area contributed by atoms with Crippen molar-refractivity contribution in [2.75, 3.05) is 7.11 Å². The molecule has 4 nitrogen and oxygen atoms in total. The van der Waals surface area contributed by atoms with E-state index in [-0.39, 0.29) is 5.97 Å². The third-order valence-corrected chi connectivity index (χ3v) is 4.54. The first-order chi connectivity index (χ1) is 11.0. The highest BCUT2D eigenvalue weighted by Crippen LogP contribution is 2.26.